The molecule has 9 heteroatoms. The minimum atomic E-state index is -3.82. The summed E-state index contributed by atoms with van der Waals surface area (Å²) in [7, 11) is -3.82. The predicted octanol–water partition coefficient (Wildman–Crippen LogP) is 1.12. The Hall–Kier alpha value is -2.23. The van der Waals surface area contributed by atoms with Gasteiger partial charge in [-0.15, -0.1) is 0 Å². The molecular formula is C12H13N3O5S. The molecule has 0 atom stereocenters. The van der Waals surface area contributed by atoms with Crippen LogP contribution in [0.3, 0.4) is 0 Å². The van der Waals surface area contributed by atoms with E-state index in [0.717, 1.165) is 0 Å². The minimum Gasteiger partial charge on any atom is -0.447 e. The number of hydrogen-bond acceptors (Lipinski definition) is 6. The topological polar surface area (TPSA) is 128 Å². The van der Waals surface area contributed by atoms with E-state index in [1.807, 2.05) is 0 Å². The van der Waals surface area contributed by atoms with Crippen LogP contribution in [0.15, 0.2) is 45.9 Å². The van der Waals surface area contributed by atoms with Gasteiger partial charge in [0, 0.05) is 18.7 Å². The van der Waals surface area contributed by atoms with E-state index in [1.165, 1.54) is 30.3 Å². The predicted molar refractivity (Wildman–Crippen MR) is 73.7 cm³/mol. The summed E-state index contributed by atoms with van der Waals surface area (Å²) in [5.41, 5.74) is 5.71. The Bertz CT molecular complexity index is 754. The van der Waals surface area contributed by atoms with E-state index in [9.17, 15) is 18.5 Å². The van der Waals surface area contributed by atoms with Gasteiger partial charge < -0.3 is 10.2 Å². The Kier molecular flexibility index (Phi) is 4.36. The van der Waals surface area contributed by atoms with E-state index in [-0.39, 0.29) is 23.9 Å². The summed E-state index contributed by atoms with van der Waals surface area (Å²) >= 11 is 0. The molecule has 0 amide bonds. The number of benzene rings is 1. The van der Waals surface area contributed by atoms with E-state index in [1.54, 1.807) is 6.07 Å². The summed E-state index contributed by atoms with van der Waals surface area (Å²) in [5, 5.41) is 10.4. The molecule has 0 aliphatic carbocycles. The third kappa shape index (κ3) is 3.66. The molecular weight excluding hydrogens is 298 g/mol. The number of nitro groups is 1. The van der Waals surface area contributed by atoms with Gasteiger partial charge in [0.1, 0.15) is 5.76 Å². The largest absolute Gasteiger partial charge is 0.447 e. The second-order valence-electron chi connectivity index (χ2n) is 4.18. The van der Waals surface area contributed by atoms with Gasteiger partial charge in [-0.3, -0.25) is 10.1 Å². The third-order valence-corrected chi connectivity index (χ3v) is 3.96. The fourth-order valence-corrected chi connectivity index (χ4v) is 2.60. The summed E-state index contributed by atoms with van der Waals surface area (Å²) in [6, 6.07) is 8.48. The first-order valence-corrected chi connectivity index (χ1v) is 7.42. The Labute approximate surface area is 120 Å². The maximum Gasteiger partial charge on any atom is 0.274 e. The fourth-order valence-electron chi connectivity index (χ4n) is 1.64. The summed E-state index contributed by atoms with van der Waals surface area (Å²) in [4.78, 5) is 10.1. The van der Waals surface area contributed by atoms with Crippen LogP contribution < -0.4 is 10.5 Å². The number of nitro benzene ring substituents is 1. The van der Waals surface area contributed by atoms with Gasteiger partial charge in [0.25, 0.3) is 15.7 Å². The molecule has 0 aliphatic heterocycles. The van der Waals surface area contributed by atoms with Crippen LogP contribution in [0.1, 0.15) is 11.3 Å². The Morgan fingerprint density at radius 2 is 2.05 bits per heavy atom. The van der Waals surface area contributed by atoms with E-state index < -0.39 is 14.9 Å². The Morgan fingerprint density at radius 1 is 1.29 bits per heavy atom. The van der Waals surface area contributed by atoms with Gasteiger partial charge in [-0.05, 0) is 17.7 Å². The van der Waals surface area contributed by atoms with Crippen LogP contribution in [-0.4, -0.2) is 13.3 Å². The lowest BCUT2D eigenvalue weighted by Crippen LogP contribution is -2.22. The zero-order valence-corrected chi connectivity index (χ0v) is 11.7. The van der Waals surface area contributed by atoms with E-state index in [0.29, 0.717) is 11.3 Å². The van der Waals surface area contributed by atoms with Gasteiger partial charge in [0.15, 0.2) is 0 Å². The van der Waals surface area contributed by atoms with Crippen molar-refractivity contribution in [2.75, 3.05) is 0 Å². The normalized spacial score (nSPS) is 11.5. The highest BCUT2D eigenvalue weighted by molar-refractivity contribution is 7.89. The molecule has 112 valence electrons. The third-order valence-electron chi connectivity index (χ3n) is 2.69. The molecule has 0 fully saturated rings. The molecule has 21 heavy (non-hydrogen) atoms. The Morgan fingerprint density at radius 3 is 2.67 bits per heavy atom. The first-order chi connectivity index (χ1) is 9.92. The van der Waals surface area contributed by atoms with E-state index >= 15 is 0 Å². The standard InChI is InChI=1S/C12H13N3O5S/c13-7-11-4-5-12(20-11)21(18,19)14-8-9-2-1-3-10(6-9)15(16)17/h1-6,14H,7-8,13H2. The monoisotopic (exact) mass is 311 g/mol. The zero-order chi connectivity index (χ0) is 15.5. The molecule has 0 unspecified atom stereocenters. The van der Waals surface area contributed by atoms with Crippen LogP contribution >= 0.6 is 0 Å². The maximum absolute atomic E-state index is 12.0. The van der Waals surface area contributed by atoms with Crippen LogP contribution in [0.2, 0.25) is 0 Å². The molecule has 0 spiro atoms. The molecule has 0 aliphatic rings. The number of nitrogens with zero attached hydrogens (tertiary/aromatic N) is 1. The van der Waals surface area contributed by atoms with Gasteiger partial charge in [0.05, 0.1) is 11.5 Å². The van der Waals surface area contributed by atoms with Crippen molar-refractivity contribution in [2.24, 2.45) is 5.73 Å². The van der Waals surface area contributed by atoms with Crippen molar-refractivity contribution in [3.8, 4) is 0 Å². The van der Waals surface area contributed by atoms with Crippen molar-refractivity contribution in [3.05, 3.63) is 57.8 Å². The number of non-ortho nitro benzene ring substituents is 1. The molecule has 0 saturated heterocycles. The lowest BCUT2D eigenvalue weighted by atomic mass is 10.2. The molecule has 1 aromatic heterocycles. The average Bonchev–Trinajstić information content (AvgIpc) is 2.95. The zero-order valence-electron chi connectivity index (χ0n) is 10.9. The van der Waals surface area contributed by atoms with Crippen LogP contribution in [0.5, 0.6) is 0 Å². The second-order valence-corrected chi connectivity index (χ2v) is 5.87. The summed E-state index contributed by atoms with van der Waals surface area (Å²) < 4.78 is 31.3. The molecule has 0 bridgehead atoms. The van der Waals surface area contributed by atoms with E-state index in [2.05, 4.69) is 4.72 Å². The summed E-state index contributed by atoms with van der Waals surface area (Å²) in [6.45, 7) is 0.0169. The first-order valence-electron chi connectivity index (χ1n) is 5.94. The maximum atomic E-state index is 12.0. The fraction of sp³-hybridized carbons (Fsp3) is 0.167. The number of sulfonamides is 1. The van der Waals surface area contributed by atoms with E-state index in [4.69, 9.17) is 10.2 Å². The van der Waals surface area contributed by atoms with Crippen LogP contribution in [0, 0.1) is 10.1 Å². The molecule has 1 heterocycles. The number of hydrogen-bond donors (Lipinski definition) is 2. The van der Waals surface area contributed by atoms with Crippen LogP contribution in [-0.2, 0) is 23.1 Å². The van der Waals surface area contributed by atoms with Gasteiger partial charge >= 0.3 is 0 Å². The quantitative estimate of drug-likeness (QED) is 0.607. The number of nitrogens with two attached hydrogens (primary N) is 1. The average molecular weight is 311 g/mol. The van der Waals surface area contributed by atoms with Gasteiger partial charge in [-0.1, -0.05) is 12.1 Å². The molecule has 8 nitrogen and oxygen atoms in total. The van der Waals surface area contributed by atoms with Gasteiger partial charge in [0.2, 0.25) is 5.09 Å². The first kappa shape index (κ1) is 15.2. The molecule has 2 aromatic rings. The van der Waals surface area contributed by atoms with Crippen molar-refractivity contribution >= 4 is 15.7 Å². The van der Waals surface area contributed by atoms with Crippen LogP contribution in [0.4, 0.5) is 5.69 Å². The molecule has 0 saturated carbocycles. The van der Waals surface area contributed by atoms with Crippen molar-refractivity contribution in [2.45, 2.75) is 18.2 Å². The molecule has 0 radical (unpaired) electrons. The number of nitrogens with one attached hydrogen (secondary N) is 1. The van der Waals surface area contributed by atoms with Crippen molar-refractivity contribution < 1.29 is 17.8 Å². The molecule has 2 rings (SSSR count). The van der Waals surface area contributed by atoms with Gasteiger partial charge in [-0.2, -0.15) is 0 Å². The van der Waals surface area contributed by atoms with Crippen molar-refractivity contribution in [3.63, 3.8) is 0 Å². The lowest BCUT2D eigenvalue weighted by Gasteiger charge is -2.04. The molecule has 3 N–H and O–H groups in total. The SMILES string of the molecule is NCc1ccc(S(=O)(=O)NCc2cccc([N+](=O)[O-])c2)o1. The highest BCUT2D eigenvalue weighted by Gasteiger charge is 2.18. The summed E-state index contributed by atoms with van der Waals surface area (Å²) in [5.74, 6) is 0.353. The smallest absolute Gasteiger partial charge is 0.274 e. The highest BCUT2D eigenvalue weighted by Crippen LogP contribution is 2.16. The van der Waals surface area contributed by atoms with Gasteiger partial charge in [-0.25, -0.2) is 13.1 Å². The van der Waals surface area contributed by atoms with Crippen molar-refractivity contribution in [1.82, 2.24) is 4.72 Å². The van der Waals surface area contributed by atoms with Crippen molar-refractivity contribution in [1.29, 1.82) is 0 Å². The molecule has 1 aromatic carbocycles. The second kappa shape index (κ2) is 6.04. The summed E-state index contributed by atoms with van der Waals surface area (Å²) in [6.07, 6.45) is 0. The Balaban J connectivity index is 2.11. The minimum absolute atomic E-state index is 0.0807. The number of rotatable bonds is 6. The highest BCUT2D eigenvalue weighted by atomic mass is 32.2. The lowest BCUT2D eigenvalue weighted by molar-refractivity contribution is -0.384. The number of furan rings is 1. The van der Waals surface area contributed by atoms with Crippen LogP contribution in [0.25, 0.3) is 0 Å².